The van der Waals surface area contributed by atoms with Gasteiger partial charge >= 0.3 is 0 Å². The Morgan fingerprint density at radius 1 is 1.14 bits per heavy atom. The number of anilines is 1. The molecule has 7 nitrogen and oxygen atoms in total. The molecule has 1 aliphatic heterocycles. The fourth-order valence-electron chi connectivity index (χ4n) is 3.29. The van der Waals surface area contributed by atoms with Gasteiger partial charge in [-0.05, 0) is 37.1 Å². The van der Waals surface area contributed by atoms with Crippen LogP contribution in [0, 0.1) is 0 Å². The lowest BCUT2D eigenvalue weighted by atomic mass is 10.2. The first kappa shape index (κ1) is 19.3. The Morgan fingerprint density at radius 3 is 2.59 bits per heavy atom. The molecule has 1 amide bonds. The summed E-state index contributed by atoms with van der Waals surface area (Å²) < 4.78 is 16.3. The quantitative estimate of drug-likeness (QED) is 0.571. The van der Waals surface area contributed by atoms with Gasteiger partial charge in [0.1, 0.15) is 11.5 Å². The Hall–Kier alpha value is -3.00. The number of hydrogen-bond donors (Lipinski definition) is 0. The number of carbonyl (C=O) groups excluding carboxylic acids is 1. The second-order valence-electron chi connectivity index (χ2n) is 6.60. The highest BCUT2D eigenvalue weighted by atomic mass is 32.2. The Balaban J connectivity index is 1.49. The molecular weight excluding hydrogens is 390 g/mol. The van der Waals surface area contributed by atoms with Gasteiger partial charge in [0.05, 0.1) is 19.5 Å². The lowest BCUT2D eigenvalue weighted by Crippen LogP contribution is -2.35. The number of carbonyl (C=O) groups is 1. The van der Waals surface area contributed by atoms with Gasteiger partial charge in [0.15, 0.2) is 0 Å². The zero-order valence-corrected chi connectivity index (χ0v) is 17.2. The van der Waals surface area contributed by atoms with E-state index < -0.39 is 0 Å². The van der Waals surface area contributed by atoms with Crippen LogP contribution in [0.1, 0.15) is 12.5 Å². The Bertz CT molecular complexity index is 1010. The first-order chi connectivity index (χ1) is 14.1. The van der Waals surface area contributed by atoms with Crippen molar-refractivity contribution in [2.24, 2.45) is 0 Å². The number of benzene rings is 2. The summed E-state index contributed by atoms with van der Waals surface area (Å²) in [6.45, 7) is 2.55. The minimum atomic E-state index is -0.352. The topological polar surface area (TPSA) is 77.7 Å². The molecule has 0 saturated carbocycles. The second-order valence-corrected chi connectivity index (χ2v) is 7.90. The van der Waals surface area contributed by atoms with Crippen LogP contribution in [0.4, 0.5) is 5.69 Å². The zero-order chi connectivity index (χ0) is 20.4. The number of nitrogens with zero attached hydrogens (tertiary/aromatic N) is 3. The molecule has 0 bridgehead atoms. The average Bonchev–Trinajstić information content (AvgIpc) is 3.40. The number of methoxy groups -OCH3 is 2. The second kappa shape index (κ2) is 8.16. The molecule has 0 fully saturated rings. The molecule has 0 spiro atoms. The number of para-hydroxylation sites is 1. The molecule has 1 unspecified atom stereocenters. The van der Waals surface area contributed by atoms with Crippen molar-refractivity contribution in [2.45, 2.75) is 23.8 Å². The van der Waals surface area contributed by atoms with E-state index in [0.717, 1.165) is 12.1 Å². The van der Waals surface area contributed by atoms with Crippen LogP contribution in [0.15, 0.2) is 52.1 Å². The fourth-order valence-corrected chi connectivity index (χ4v) is 4.04. The lowest BCUT2D eigenvalue weighted by Gasteiger charge is -2.20. The van der Waals surface area contributed by atoms with Crippen molar-refractivity contribution in [3.63, 3.8) is 0 Å². The highest BCUT2D eigenvalue weighted by Crippen LogP contribution is 2.33. The first-order valence-electron chi connectivity index (χ1n) is 9.22. The van der Waals surface area contributed by atoms with Gasteiger partial charge in [0, 0.05) is 23.9 Å². The largest absolute Gasteiger partial charge is 0.497 e. The monoisotopic (exact) mass is 411 g/mol. The highest BCUT2D eigenvalue weighted by Gasteiger charge is 2.29. The molecule has 2 aromatic carbocycles. The molecule has 1 atom stereocenters. The summed E-state index contributed by atoms with van der Waals surface area (Å²) in [5.74, 6) is 1.63. The van der Waals surface area contributed by atoms with E-state index in [1.54, 1.807) is 32.4 Å². The van der Waals surface area contributed by atoms with Crippen molar-refractivity contribution >= 4 is 23.4 Å². The normalized spacial score (nSPS) is 13.8. The third-order valence-corrected chi connectivity index (χ3v) is 5.71. The molecule has 0 aliphatic carbocycles. The van der Waals surface area contributed by atoms with Gasteiger partial charge in [-0.2, -0.15) is 0 Å². The maximum absolute atomic E-state index is 12.9. The highest BCUT2D eigenvalue weighted by molar-refractivity contribution is 8.00. The van der Waals surface area contributed by atoms with Crippen LogP contribution < -0.4 is 14.4 Å². The minimum absolute atomic E-state index is 0.0303. The summed E-state index contributed by atoms with van der Waals surface area (Å²) in [6, 6.07) is 13.4. The Labute approximate surface area is 173 Å². The molecule has 0 saturated heterocycles. The third kappa shape index (κ3) is 3.93. The molecule has 0 radical (unpaired) electrons. The molecule has 3 aromatic rings. The molecular formula is C21H21N3O4S. The van der Waals surface area contributed by atoms with Crippen LogP contribution in [-0.2, 0) is 11.2 Å². The third-order valence-electron chi connectivity index (χ3n) is 4.78. The molecule has 150 valence electrons. The van der Waals surface area contributed by atoms with Crippen molar-refractivity contribution in [1.82, 2.24) is 10.2 Å². The van der Waals surface area contributed by atoms with Gasteiger partial charge in [-0.25, -0.2) is 0 Å². The van der Waals surface area contributed by atoms with Gasteiger partial charge in [-0.1, -0.05) is 30.0 Å². The summed E-state index contributed by atoms with van der Waals surface area (Å²) in [7, 11) is 3.16. The van der Waals surface area contributed by atoms with E-state index in [-0.39, 0.29) is 11.2 Å². The van der Waals surface area contributed by atoms with Gasteiger partial charge < -0.3 is 18.8 Å². The summed E-state index contributed by atoms with van der Waals surface area (Å²) in [4.78, 5) is 14.8. The standard InChI is InChI=1S/C21H21N3O4S/c1-13(20(25)24-9-8-14-6-4-5-7-18(14)24)29-21-23-22-19(28-21)15-10-16(26-2)12-17(11-15)27-3/h4-7,10-13H,8-9H2,1-3H3. The predicted molar refractivity (Wildman–Crippen MR) is 111 cm³/mol. The van der Waals surface area contributed by atoms with Crippen molar-refractivity contribution in [3.8, 4) is 23.0 Å². The van der Waals surface area contributed by atoms with E-state index in [1.165, 1.54) is 17.3 Å². The van der Waals surface area contributed by atoms with Crippen molar-refractivity contribution < 1.29 is 18.7 Å². The van der Waals surface area contributed by atoms with Crippen LogP contribution in [0.25, 0.3) is 11.5 Å². The molecule has 1 aliphatic rings. The van der Waals surface area contributed by atoms with Crippen LogP contribution in [0.5, 0.6) is 11.5 Å². The van der Waals surface area contributed by atoms with Crippen LogP contribution >= 0.6 is 11.8 Å². The summed E-state index contributed by atoms with van der Waals surface area (Å²) >= 11 is 1.25. The number of thioether (sulfide) groups is 1. The molecule has 0 N–H and O–H groups in total. The van der Waals surface area contributed by atoms with Crippen LogP contribution in [0.3, 0.4) is 0 Å². The first-order valence-corrected chi connectivity index (χ1v) is 10.1. The Kier molecular flexibility index (Phi) is 5.44. The van der Waals surface area contributed by atoms with E-state index in [2.05, 4.69) is 16.3 Å². The molecule has 2 heterocycles. The Morgan fingerprint density at radius 2 is 1.86 bits per heavy atom. The number of hydrogen-bond acceptors (Lipinski definition) is 7. The van der Waals surface area contributed by atoms with Gasteiger partial charge in [-0.3, -0.25) is 4.79 Å². The lowest BCUT2D eigenvalue weighted by molar-refractivity contribution is -0.117. The molecule has 29 heavy (non-hydrogen) atoms. The fraction of sp³-hybridized carbons (Fsp3) is 0.286. The molecule has 1 aromatic heterocycles. The van der Waals surface area contributed by atoms with Crippen LogP contribution in [0.2, 0.25) is 0 Å². The maximum Gasteiger partial charge on any atom is 0.277 e. The van der Waals surface area contributed by atoms with E-state index in [1.807, 2.05) is 30.0 Å². The smallest absolute Gasteiger partial charge is 0.277 e. The van der Waals surface area contributed by atoms with Gasteiger partial charge in [-0.15, -0.1) is 10.2 Å². The minimum Gasteiger partial charge on any atom is -0.497 e. The summed E-state index contributed by atoms with van der Waals surface area (Å²) in [6.07, 6.45) is 0.877. The predicted octanol–water partition coefficient (Wildman–Crippen LogP) is 3.82. The zero-order valence-electron chi connectivity index (χ0n) is 16.4. The van der Waals surface area contributed by atoms with E-state index >= 15 is 0 Å². The molecule has 4 rings (SSSR count). The summed E-state index contributed by atoms with van der Waals surface area (Å²) in [5.41, 5.74) is 2.87. The van der Waals surface area contributed by atoms with Crippen molar-refractivity contribution in [1.29, 1.82) is 0 Å². The van der Waals surface area contributed by atoms with E-state index in [0.29, 0.717) is 34.7 Å². The maximum atomic E-state index is 12.9. The number of ether oxygens (including phenoxy) is 2. The van der Waals surface area contributed by atoms with E-state index in [9.17, 15) is 4.79 Å². The van der Waals surface area contributed by atoms with Crippen LogP contribution in [-0.4, -0.2) is 42.1 Å². The number of aromatic nitrogens is 2. The van der Waals surface area contributed by atoms with Gasteiger partial charge in [0.2, 0.25) is 11.8 Å². The summed E-state index contributed by atoms with van der Waals surface area (Å²) in [5, 5.41) is 8.19. The SMILES string of the molecule is COc1cc(OC)cc(-c2nnc(SC(C)C(=O)N3CCc4ccccc43)o2)c1. The van der Waals surface area contributed by atoms with Gasteiger partial charge in [0.25, 0.3) is 5.22 Å². The number of fused-ring (bicyclic) bond motifs is 1. The number of amides is 1. The van der Waals surface area contributed by atoms with E-state index in [4.69, 9.17) is 13.9 Å². The number of rotatable bonds is 6. The van der Waals surface area contributed by atoms with Crippen molar-refractivity contribution in [2.75, 3.05) is 25.7 Å². The average molecular weight is 411 g/mol. The molecule has 8 heteroatoms. The van der Waals surface area contributed by atoms with Crippen molar-refractivity contribution in [3.05, 3.63) is 48.0 Å².